The highest BCUT2D eigenvalue weighted by atomic mass is 16.5. The van der Waals surface area contributed by atoms with Gasteiger partial charge in [0, 0.05) is 38.0 Å². The van der Waals surface area contributed by atoms with Crippen LogP contribution in [-0.4, -0.2) is 29.1 Å². The molecular weight excluding hydrogens is 328 g/mol. The smallest absolute Gasteiger partial charge is 0.197 e. The van der Waals surface area contributed by atoms with Gasteiger partial charge in [-0.2, -0.15) is 0 Å². The first-order valence-corrected chi connectivity index (χ1v) is 9.03. The topological polar surface area (TPSA) is 55.6 Å². The number of nitrogens with zero attached hydrogens (tertiary/aromatic N) is 2. The van der Waals surface area contributed by atoms with Crippen LogP contribution in [0.5, 0.6) is 0 Å². The number of rotatable bonds is 6. The van der Waals surface area contributed by atoms with Crippen LogP contribution >= 0.6 is 0 Å². The second-order valence-electron chi connectivity index (χ2n) is 6.71. The van der Waals surface area contributed by atoms with Crippen molar-refractivity contribution in [1.82, 2.24) is 9.88 Å². The van der Waals surface area contributed by atoms with E-state index in [9.17, 15) is 4.79 Å². The second-order valence-corrected chi connectivity index (χ2v) is 6.71. The summed E-state index contributed by atoms with van der Waals surface area (Å²) in [4.78, 5) is 19.5. The predicted molar refractivity (Wildman–Crippen MR) is 99.8 cm³/mol. The van der Waals surface area contributed by atoms with E-state index in [1.807, 2.05) is 42.5 Å². The largest absolute Gasteiger partial charge is 0.464 e. The summed E-state index contributed by atoms with van der Waals surface area (Å²) in [5.41, 5.74) is 2.30. The van der Waals surface area contributed by atoms with E-state index in [0.717, 1.165) is 31.7 Å². The first-order valence-electron chi connectivity index (χ1n) is 9.03. The Labute approximate surface area is 152 Å². The van der Waals surface area contributed by atoms with Crippen LogP contribution in [0.2, 0.25) is 0 Å². The normalized spacial score (nSPS) is 17.2. The number of para-hydroxylation sites is 1. The second kappa shape index (κ2) is 7.81. The summed E-state index contributed by atoms with van der Waals surface area (Å²) in [7, 11) is 0. The molecule has 3 aromatic rings. The molecule has 0 amide bonds. The van der Waals surface area contributed by atoms with Gasteiger partial charge < -0.3 is 9.15 Å². The van der Waals surface area contributed by atoms with Crippen LogP contribution in [-0.2, 0) is 17.8 Å². The standard InChI is InChI=1S/C21H22N2O3/c24-21-16(15-26-20-9-2-1-8-19(20)21)12-23(14-18-7-5-11-25-18)13-17-6-3-4-10-22-17/h1-4,6,8-10,15,18H,5,7,11-14H2/t18-/m1/s1. The molecule has 0 saturated carbocycles. The zero-order chi connectivity index (χ0) is 17.8. The maximum Gasteiger partial charge on any atom is 0.197 e. The van der Waals surface area contributed by atoms with Crippen molar-refractivity contribution in [3.63, 3.8) is 0 Å². The zero-order valence-corrected chi connectivity index (χ0v) is 14.6. The number of aromatic nitrogens is 1. The number of hydrogen-bond donors (Lipinski definition) is 0. The fraction of sp³-hybridized carbons (Fsp3) is 0.333. The van der Waals surface area contributed by atoms with E-state index in [2.05, 4.69) is 9.88 Å². The van der Waals surface area contributed by atoms with Gasteiger partial charge in [0.15, 0.2) is 5.43 Å². The molecule has 1 aromatic carbocycles. The Balaban J connectivity index is 1.59. The lowest BCUT2D eigenvalue weighted by Crippen LogP contribution is -2.33. The maximum atomic E-state index is 12.8. The van der Waals surface area contributed by atoms with Crippen molar-refractivity contribution in [3.05, 3.63) is 76.4 Å². The molecule has 0 unspecified atom stereocenters. The van der Waals surface area contributed by atoms with Crippen molar-refractivity contribution in [2.45, 2.75) is 32.0 Å². The Hall–Kier alpha value is -2.50. The van der Waals surface area contributed by atoms with E-state index in [4.69, 9.17) is 9.15 Å². The lowest BCUT2D eigenvalue weighted by Gasteiger charge is -2.24. The van der Waals surface area contributed by atoms with Crippen molar-refractivity contribution >= 4 is 11.0 Å². The van der Waals surface area contributed by atoms with E-state index in [-0.39, 0.29) is 11.5 Å². The van der Waals surface area contributed by atoms with E-state index in [1.165, 1.54) is 0 Å². The highest BCUT2D eigenvalue weighted by molar-refractivity contribution is 5.76. The van der Waals surface area contributed by atoms with Gasteiger partial charge in [0.05, 0.1) is 23.4 Å². The molecule has 1 aliphatic heterocycles. The minimum Gasteiger partial charge on any atom is -0.464 e. The molecule has 0 N–H and O–H groups in total. The summed E-state index contributed by atoms with van der Waals surface area (Å²) in [6.07, 6.45) is 5.76. The van der Waals surface area contributed by atoms with Gasteiger partial charge in [-0.25, -0.2) is 0 Å². The van der Waals surface area contributed by atoms with Crippen LogP contribution in [0.4, 0.5) is 0 Å². The van der Waals surface area contributed by atoms with Gasteiger partial charge in [-0.3, -0.25) is 14.7 Å². The van der Waals surface area contributed by atoms with E-state index in [0.29, 0.717) is 29.6 Å². The van der Waals surface area contributed by atoms with Crippen LogP contribution in [0.15, 0.2) is 64.1 Å². The van der Waals surface area contributed by atoms with Crippen LogP contribution in [0.25, 0.3) is 11.0 Å². The molecule has 0 radical (unpaired) electrons. The predicted octanol–water partition coefficient (Wildman–Crippen LogP) is 3.37. The van der Waals surface area contributed by atoms with Crippen LogP contribution in [0.3, 0.4) is 0 Å². The van der Waals surface area contributed by atoms with Gasteiger partial charge in [-0.1, -0.05) is 18.2 Å². The number of ether oxygens (including phenoxy) is 1. The Kier molecular flexibility index (Phi) is 5.09. The van der Waals surface area contributed by atoms with E-state index in [1.54, 1.807) is 12.5 Å². The minimum atomic E-state index is 0.0326. The highest BCUT2D eigenvalue weighted by Gasteiger charge is 2.21. The number of pyridine rings is 1. The first kappa shape index (κ1) is 16.9. The molecule has 5 nitrogen and oxygen atoms in total. The summed E-state index contributed by atoms with van der Waals surface area (Å²) in [6.45, 7) is 2.79. The van der Waals surface area contributed by atoms with Gasteiger partial charge in [0.25, 0.3) is 0 Å². The Bertz CT molecular complexity index is 917. The molecule has 1 aliphatic rings. The lowest BCUT2D eigenvalue weighted by atomic mass is 10.1. The average molecular weight is 350 g/mol. The van der Waals surface area contributed by atoms with Gasteiger partial charge in [0.2, 0.25) is 0 Å². The van der Waals surface area contributed by atoms with Crippen molar-refractivity contribution in [1.29, 1.82) is 0 Å². The molecule has 1 atom stereocenters. The summed E-state index contributed by atoms with van der Waals surface area (Å²) < 4.78 is 11.5. The minimum absolute atomic E-state index is 0.0326. The lowest BCUT2D eigenvalue weighted by molar-refractivity contribution is 0.0672. The fourth-order valence-electron chi connectivity index (χ4n) is 3.45. The van der Waals surface area contributed by atoms with Crippen molar-refractivity contribution in [2.75, 3.05) is 13.2 Å². The van der Waals surface area contributed by atoms with Crippen LogP contribution in [0.1, 0.15) is 24.1 Å². The molecular formula is C21H22N2O3. The highest BCUT2D eigenvalue weighted by Crippen LogP contribution is 2.17. The van der Waals surface area contributed by atoms with Gasteiger partial charge in [-0.05, 0) is 37.1 Å². The number of benzene rings is 1. The third-order valence-electron chi connectivity index (χ3n) is 4.74. The quantitative estimate of drug-likeness (QED) is 0.682. The van der Waals surface area contributed by atoms with Gasteiger partial charge in [0.1, 0.15) is 5.58 Å². The van der Waals surface area contributed by atoms with E-state index >= 15 is 0 Å². The molecule has 5 heteroatoms. The van der Waals surface area contributed by atoms with E-state index < -0.39 is 0 Å². The van der Waals surface area contributed by atoms with Crippen LogP contribution < -0.4 is 5.43 Å². The summed E-state index contributed by atoms with van der Waals surface area (Å²) in [6, 6.07) is 13.3. The molecule has 1 saturated heterocycles. The zero-order valence-electron chi connectivity index (χ0n) is 14.6. The molecule has 0 aliphatic carbocycles. The monoisotopic (exact) mass is 350 g/mol. The molecule has 4 rings (SSSR count). The average Bonchev–Trinajstić information content (AvgIpc) is 3.18. The van der Waals surface area contributed by atoms with Gasteiger partial charge in [-0.15, -0.1) is 0 Å². The molecule has 0 bridgehead atoms. The third kappa shape index (κ3) is 3.84. The first-order chi connectivity index (χ1) is 12.8. The molecule has 2 aromatic heterocycles. The van der Waals surface area contributed by atoms with Crippen molar-refractivity contribution in [2.24, 2.45) is 0 Å². The van der Waals surface area contributed by atoms with Crippen LogP contribution in [0, 0.1) is 0 Å². The Morgan fingerprint density at radius 3 is 2.81 bits per heavy atom. The molecule has 3 heterocycles. The van der Waals surface area contributed by atoms with Crippen molar-refractivity contribution in [3.8, 4) is 0 Å². The summed E-state index contributed by atoms with van der Waals surface area (Å²) in [5.74, 6) is 0. The fourth-order valence-corrected chi connectivity index (χ4v) is 3.45. The maximum absolute atomic E-state index is 12.8. The summed E-state index contributed by atoms with van der Waals surface area (Å²) >= 11 is 0. The number of hydrogen-bond acceptors (Lipinski definition) is 5. The Morgan fingerprint density at radius 2 is 2.00 bits per heavy atom. The van der Waals surface area contributed by atoms with Gasteiger partial charge >= 0.3 is 0 Å². The number of fused-ring (bicyclic) bond motifs is 1. The third-order valence-corrected chi connectivity index (χ3v) is 4.74. The molecule has 1 fully saturated rings. The Morgan fingerprint density at radius 1 is 1.12 bits per heavy atom. The molecule has 0 spiro atoms. The summed E-state index contributed by atoms with van der Waals surface area (Å²) in [5, 5.41) is 0.625. The molecule has 26 heavy (non-hydrogen) atoms. The molecule has 134 valence electrons. The SMILES string of the molecule is O=c1c(CN(Cc2ccccn2)C[C@H]2CCCO2)coc2ccccc12. The van der Waals surface area contributed by atoms with Crippen molar-refractivity contribution < 1.29 is 9.15 Å².